The summed E-state index contributed by atoms with van der Waals surface area (Å²) in [6.45, 7) is 16.8. The largest absolute Gasteiger partial charge is 0.457 e. The van der Waals surface area contributed by atoms with E-state index in [1.807, 2.05) is 106 Å². The van der Waals surface area contributed by atoms with Gasteiger partial charge in [-0.2, -0.15) is 9.13 Å². The molecule has 72 heavy (non-hydrogen) atoms. The molecule has 11 rings (SSSR count). The van der Waals surface area contributed by atoms with E-state index < -0.39 is 37.1 Å². The van der Waals surface area contributed by atoms with Gasteiger partial charge in [-0.3, -0.25) is 4.57 Å². The van der Waals surface area contributed by atoms with Gasteiger partial charge in [-0.1, -0.05) is 190 Å². The molecule has 0 radical (unpaired) electrons. The molecule has 0 aliphatic heterocycles. The first kappa shape index (κ1) is 34.3. The quantitative estimate of drug-likeness (QED) is 0.142. The third-order valence-corrected chi connectivity index (χ3v) is 13.5. The smallest absolute Gasteiger partial charge is 0.255 e. The Morgan fingerprint density at radius 2 is 1.18 bits per heavy atom. The van der Waals surface area contributed by atoms with Crippen LogP contribution in [0, 0.1) is 6.85 Å². The fraction of sp³-hybridized carbons (Fsp3) is 0.194. The van der Waals surface area contributed by atoms with E-state index >= 15 is 0 Å². The van der Waals surface area contributed by atoms with Crippen LogP contribution in [0.4, 0.5) is 0 Å². The second-order valence-electron chi connectivity index (χ2n) is 21.6. The summed E-state index contributed by atoms with van der Waals surface area (Å²) in [5, 5.41) is 0.716. The van der Waals surface area contributed by atoms with Gasteiger partial charge < -0.3 is 4.74 Å². The van der Waals surface area contributed by atoms with Crippen molar-refractivity contribution in [1.82, 2.24) is 14.1 Å². The minimum Gasteiger partial charge on any atom is -0.457 e. The normalized spacial score (nSPS) is 14.8. The molecule has 3 heterocycles. The summed E-state index contributed by atoms with van der Waals surface area (Å²) in [6.07, 6.45) is 3.45. The lowest BCUT2D eigenvalue weighted by Gasteiger charge is -2.26. The highest BCUT2D eigenvalue weighted by Gasteiger charge is 2.28. The summed E-state index contributed by atoms with van der Waals surface area (Å²) in [6, 6.07) is 38.6. The monoisotopic (exact) mass is 952 g/mol. The number of ether oxygens (including phenoxy) is 1. The number of pyridine rings is 1. The number of para-hydroxylation sites is 4. The fourth-order valence-electron chi connectivity index (χ4n) is 9.54. The van der Waals surface area contributed by atoms with Crippen LogP contribution in [0.3, 0.4) is 0 Å². The maximum Gasteiger partial charge on any atom is 0.255 e. The lowest BCUT2D eigenvalue weighted by Crippen LogP contribution is -2.31. The molecule has 5 heteroatoms. The zero-order chi connectivity index (χ0) is 60.4. The van der Waals surface area contributed by atoms with Crippen LogP contribution in [0.1, 0.15) is 101 Å². The molecule has 356 valence electrons. The van der Waals surface area contributed by atoms with Crippen molar-refractivity contribution in [2.24, 2.45) is 0 Å². The van der Waals surface area contributed by atoms with Gasteiger partial charge in [-0.05, 0) is 111 Å². The maximum atomic E-state index is 9.25. The highest BCUT2D eigenvalue weighted by molar-refractivity contribution is 6.09. The van der Waals surface area contributed by atoms with Gasteiger partial charge in [-0.15, -0.1) is 0 Å². The average molecular weight is 952 g/mol. The molecule has 0 unspecified atom stereocenters. The van der Waals surface area contributed by atoms with Crippen molar-refractivity contribution in [1.29, 1.82) is 0 Å². The molecular weight excluding hydrogens is 877 g/mol. The Kier molecular flexibility index (Phi) is 8.43. The van der Waals surface area contributed by atoms with Crippen molar-refractivity contribution >= 4 is 32.8 Å². The number of nitrogens with zero attached hydrogens (tertiary/aromatic N) is 4. The van der Waals surface area contributed by atoms with E-state index in [0.29, 0.717) is 50.5 Å². The average Bonchev–Trinajstić information content (AvgIpc) is 1.55. The lowest BCUT2D eigenvalue weighted by atomic mass is 9.78. The summed E-state index contributed by atoms with van der Waals surface area (Å²) >= 11 is 0. The predicted octanol–water partition coefficient (Wildman–Crippen LogP) is 17.4. The summed E-state index contributed by atoms with van der Waals surface area (Å²) < 4.78 is 119. The summed E-state index contributed by atoms with van der Waals surface area (Å²) in [5.41, 5.74) is 9.42. The Morgan fingerprint density at radius 1 is 0.514 bits per heavy atom. The highest BCUT2D eigenvalue weighted by atomic mass is 16.5. The van der Waals surface area contributed by atoms with Crippen LogP contribution < -0.4 is 9.30 Å². The predicted molar refractivity (Wildman–Crippen MR) is 301 cm³/mol. The van der Waals surface area contributed by atoms with Crippen LogP contribution in [-0.4, -0.2) is 14.1 Å². The third kappa shape index (κ3) is 8.57. The Morgan fingerprint density at radius 3 is 1.90 bits per heavy atom. The number of rotatable bonds is 8. The zero-order valence-corrected chi connectivity index (χ0v) is 42.1. The minimum absolute atomic E-state index is 0.0214. The van der Waals surface area contributed by atoms with Crippen LogP contribution in [0.25, 0.3) is 83.4 Å². The Hall–Kier alpha value is -8.02. The molecule has 11 aromatic rings. The van der Waals surface area contributed by atoms with Crippen molar-refractivity contribution in [3.8, 4) is 62.1 Å². The number of hydrogen-bond acceptors (Lipinski definition) is 2. The fourth-order valence-corrected chi connectivity index (χ4v) is 9.54. The molecule has 0 aliphatic carbocycles. The Bertz CT molecular complexity index is 4440. The highest BCUT2D eigenvalue weighted by Crippen LogP contribution is 2.40. The van der Waals surface area contributed by atoms with E-state index in [1.54, 1.807) is 22.8 Å². The number of imidazole rings is 1. The van der Waals surface area contributed by atoms with Crippen molar-refractivity contribution in [2.75, 3.05) is 0 Å². The van der Waals surface area contributed by atoms with Crippen LogP contribution in [-0.2, 0) is 16.2 Å². The van der Waals surface area contributed by atoms with Gasteiger partial charge in [0, 0.05) is 49.9 Å². The van der Waals surface area contributed by atoms with Crippen molar-refractivity contribution in [3.05, 3.63) is 223 Å². The summed E-state index contributed by atoms with van der Waals surface area (Å²) in [4.78, 5) is 4.84. The van der Waals surface area contributed by atoms with Gasteiger partial charge in [0.1, 0.15) is 28.7 Å². The first-order valence-electron chi connectivity index (χ1n) is 30.3. The number of benzene rings is 8. The topological polar surface area (TPSA) is 35.9 Å². The molecule has 0 bridgehead atoms. The van der Waals surface area contributed by atoms with E-state index in [2.05, 4.69) is 80.5 Å². The van der Waals surface area contributed by atoms with Gasteiger partial charge in [0.2, 0.25) is 0 Å². The molecule has 0 amide bonds. The Balaban J connectivity index is 1.08. The van der Waals surface area contributed by atoms with Crippen molar-refractivity contribution in [2.45, 2.75) is 85.4 Å². The minimum atomic E-state index is -2.60. The second-order valence-corrected chi connectivity index (χ2v) is 21.6. The number of aromatic nitrogens is 4. The van der Waals surface area contributed by atoms with Gasteiger partial charge in [0.25, 0.3) is 6.33 Å². The van der Waals surface area contributed by atoms with Gasteiger partial charge in [-0.25, -0.2) is 4.98 Å². The van der Waals surface area contributed by atoms with Crippen LogP contribution in [0.5, 0.6) is 11.5 Å². The first-order valence-corrected chi connectivity index (χ1v) is 24.3. The standard InChI is InChI=1S/C67H63N4O/c1-44-36-63(68-42-58(44)46-30-32-48(33-31-46)65(2,3)4)71-59-27-15-14-24-56(59)57-35-34-53(41-62(57)71)72-52-23-18-22-51(40-52)69-43-70(61-29-17-16-28-60(61)69)64-54(45-20-12-11-13-21-45)25-19-26-55(64)47-37-49(66(5,6)7)39-50(38-47)67(8,9)10/h11-43H,1-10H3/q+1/i1D3,11D,12D,13D,14D,15D,20D,21D,24D,27D. The third-order valence-electron chi connectivity index (χ3n) is 13.5. The van der Waals surface area contributed by atoms with E-state index in [-0.39, 0.29) is 68.3 Å². The molecule has 3 aromatic heterocycles. The van der Waals surface area contributed by atoms with E-state index in [1.165, 1.54) is 12.3 Å². The first-order chi connectivity index (χ1) is 39.4. The lowest BCUT2D eigenvalue weighted by molar-refractivity contribution is -0.566. The molecule has 0 saturated carbocycles. The Labute approximate surface area is 441 Å². The molecule has 0 aliphatic rings. The molecule has 8 aromatic carbocycles. The maximum absolute atomic E-state index is 9.25. The van der Waals surface area contributed by atoms with E-state index in [4.69, 9.17) is 22.1 Å². The van der Waals surface area contributed by atoms with Crippen LogP contribution in [0.2, 0.25) is 0 Å². The zero-order valence-electron chi connectivity index (χ0n) is 54.1. The van der Waals surface area contributed by atoms with Gasteiger partial charge in [0.05, 0.1) is 23.4 Å². The van der Waals surface area contributed by atoms with E-state index in [0.717, 1.165) is 38.9 Å². The molecule has 0 spiro atoms. The van der Waals surface area contributed by atoms with Gasteiger partial charge >= 0.3 is 0 Å². The van der Waals surface area contributed by atoms with Crippen molar-refractivity contribution < 1.29 is 25.8 Å². The number of fused-ring (bicyclic) bond motifs is 4. The molecule has 0 fully saturated rings. The summed E-state index contributed by atoms with van der Waals surface area (Å²) in [5.74, 6) is 0.921. The SMILES string of the molecule is [2H]c1c([2H])c([2H])c(-c2cccc(-c3cc(C(C)(C)C)cc(C(C)(C)C)c3)c2-[n+]2cn(-c3cccc(Oc4ccc5c6c([2H])c([2H])c([2H])c([2H])c6n(-c6cc(C([2H])([2H])[2H])c(-c7ccc(C(C)(C)C)cc7)cn6)c5c4)c3)c3ccccc32)c([2H])c1[2H]. The number of aryl methyl sites for hydroxylation is 1. The molecular formula is C67H63N4O+. The van der Waals surface area contributed by atoms with Crippen LogP contribution in [0.15, 0.2) is 200 Å². The molecule has 5 nitrogen and oxygen atoms in total. The molecule has 0 atom stereocenters. The van der Waals surface area contributed by atoms with E-state index in [9.17, 15) is 4.11 Å². The van der Waals surface area contributed by atoms with Crippen molar-refractivity contribution in [3.63, 3.8) is 0 Å². The molecule has 0 N–H and O–H groups in total. The molecule has 0 saturated heterocycles. The summed E-state index contributed by atoms with van der Waals surface area (Å²) in [7, 11) is 0. The van der Waals surface area contributed by atoms with Gasteiger partial charge in [0.15, 0.2) is 11.0 Å². The second kappa shape index (κ2) is 17.7. The number of hydrogen-bond donors (Lipinski definition) is 0. The van der Waals surface area contributed by atoms with Crippen LogP contribution >= 0.6 is 0 Å².